The summed E-state index contributed by atoms with van der Waals surface area (Å²) < 4.78 is 1.55. The normalized spacial score (nSPS) is 13.2. The van der Waals surface area contributed by atoms with E-state index in [0.29, 0.717) is 29.2 Å². The van der Waals surface area contributed by atoms with Gasteiger partial charge in [-0.1, -0.05) is 26.0 Å². The van der Waals surface area contributed by atoms with Gasteiger partial charge in [0.25, 0.3) is 5.56 Å². The number of alkyl halides is 1. The predicted octanol–water partition coefficient (Wildman–Crippen LogP) is 4.13. The number of rotatable bonds is 7. The van der Waals surface area contributed by atoms with Crippen LogP contribution in [-0.2, 0) is 11.8 Å². The molecular weight excluding hydrogens is 362 g/mol. The van der Waals surface area contributed by atoms with Crippen molar-refractivity contribution in [3.63, 3.8) is 0 Å². The maximum absolute atomic E-state index is 13.2. The summed E-state index contributed by atoms with van der Waals surface area (Å²) in [5, 5.41) is 0.581. The Morgan fingerprint density at radius 3 is 2.48 bits per heavy atom. The average Bonchev–Trinajstić information content (AvgIpc) is 2.64. The summed E-state index contributed by atoms with van der Waals surface area (Å²) in [6, 6.07) is 6.96. The van der Waals surface area contributed by atoms with Gasteiger partial charge in [-0.25, -0.2) is 4.98 Å². The molecule has 1 amide bonds. The first-order valence-electron chi connectivity index (χ1n) is 9.43. The topological polar surface area (TPSA) is 55.2 Å². The Hall–Kier alpha value is -1.88. The van der Waals surface area contributed by atoms with Gasteiger partial charge in [-0.3, -0.25) is 14.2 Å². The van der Waals surface area contributed by atoms with E-state index in [1.165, 1.54) is 0 Å². The smallest absolute Gasteiger partial charge is 0.261 e. The predicted molar refractivity (Wildman–Crippen MR) is 111 cm³/mol. The Morgan fingerprint density at radius 2 is 1.89 bits per heavy atom. The molecule has 6 heteroatoms. The summed E-state index contributed by atoms with van der Waals surface area (Å²) >= 11 is 6.06. The van der Waals surface area contributed by atoms with E-state index >= 15 is 0 Å². The molecule has 5 nitrogen and oxygen atoms in total. The lowest BCUT2D eigenvalue weighted by molar-refractivity contribution is -0.142. The zero-order valence-electron chi connectivity index (χ0n) is 17.1. The zero-order valence-corrected chi connectivity index (χ0v) is 17.9. The molecule has 0 saturated heterocycles. The summed E-state index contributed by atoms with van der Waals surface area (Å²) in [6.07, 6.45) is 0.871. The first-order chi connectivity index (χ1) is 12.6. The number of hydrogen-bond acceptors (Lipinski definition) is 3. The fourth-order valence-corrected chi connectivity index (χ4v) is 3.18. The second kappa shape index (κ2) is 8.42. The number of nitrogens with zero attached hydrogens (tertiary/aromatic N) is 3. The molecule has 1 aromatic carbocycles. The molecule has 0 radical (unpaired) electrons. The zero-order chi connectivity index (χ0) is 20.4. The van der Waals surface area contributed by atoms with Gasteiger partial charge in [-0.15, -0.1) is 11.6 Å². The minimum Gasteiger partial charge on any atom is -0.332 e. The van der Waals surface area contributed by atoms with Gasteiger partial charge in [0.2, 0.25) is 5.91 Å². The highest BCUT2D eigenvalue weighted by molar-refractivity contribution is 6.19. The van der Waals surface area contributed by atoms with Crippen LogP contribution in [-0.4, -0.2) is 32.8 Å². The van der Waals surface area contributed by atoms with Crippen LogP contribution in [0.2, 0.25) is 0 Å². The van der Waals surface area contributed by atoms with Crippen LogP contribution in [0.5, 0.6) is 0 Å². The molecule has 1 atom stereocenters. The second-order valence-corrected chi connectivity index (χ2v) is 8.49. The van der Waals surface area contributed by atoms with E-state index in [4.69, 9.17) is 16.6 Å². The number of aromatic nitrogens is 2. The first-order valence-corrected chi connectivity index (χ1v) is 9.96. The molecule has 0 saturated carbocycles. The molecule has 0 N–H and O–H groups in total. The lowest BCUT2D eigenvalue weighted by Crippen LogP contribution is -2.45. The summed E-state index contributed by atoms with van der Waals surface area (Å²) in [5.74, 6) is 1.26. The number of halogens is 1. The van der Waals surface area contributed by atoms with E-state index in [0.717, 1.165) is 6.42 Å². The number of benzene rings is 1. The molecule has 1 heterocycles. The number of carbonyl (C=O) groups excluding carboxylic acids is 1. The van der Waals surface area contributed by atoms with Crippen LogP contribution in [0.15, 0.2) is 29.1 Å². The largest absolute Gasteiger partial charge is 0.332 e. The van der Waals surface area contributed by atoms with Gasteiger partial charge in [0.15, 0.2) is 0 Å². The lowest BCUT2D eigenvalue weighted by Gasteiger charge is -2.35. The second-order valence-electron chi connectivity index (χ2n) is 8.23. The van der Waals surface area contributed by atoms with Crippen molar-refractivity contribution < 1.29 is 4.79 Å². The molecule has 1 unspecified atom stereocenters. The fourth-order valence-electron chi connectivity index (χ4n) is 3.06. The van der Waals surface area contributed by atoms with E-state index in [-0.39, 0.29) is 23.4 Å². The first kappa shape index (κ1) is 21.4. The van der Waals surface area contributed by atoms with Crippen molar-refractivity contribution in [2.75, 3.05) is 12.4 Å². The molecule has 0 fully saturated rings. The van der Waals surface area contributed by atoms with Crippen LogP contribution in [0.3, 0.4) is 0 Å². The third-order valence-corrected chi connectivity index (χ3v) is 5.65. The summed E-state index contributed by atoms with van der Waals surface area (Å²) in [7, 11) is 1.71. The number of hydrogen-bond donors (Lipinski definition) is 0. The van der Waals surface area contributed by atoms with E-state index in [2.05, 4.69) is 13.8 Å². The number of carbonyl (C=O) groups is 1. The van der Waals surface area contributed by atoms with Crippen LogP contribution >= 0.6 is 11.6 Å². The van der Waals surface area contributed by atoms with Crippen molar-refractivity contribution in [2.24, 2.45) is 18.4 Å². The van der Waals surface area contributed by atoms with Crippen molar-refractivity contribution in [1.82, 2.24) is 14.5 Å². The minimum atomic E-state index is -0.678. The summed E-state index contributed by atoms with van der Waals surface area (Å²) in [6.45, 7) is 10.5. The molecule has 0 aliphatic heterocycles. The average molecular weight is 392 g/mol. The SMILES string of the molecule is CC(C)CCN(C(=O)C(C)(C)CCl)C(C)c1nc2ccccc2c(=O)n1C. The Balaban J connectivity index is 2.52. The van der Waals surface area contributed by atoms with Crippen LogP contribution in [0.4, 0.5) is 0 Å². The van der Waals surface area contributed by atoms with Gasteiger partial charge in [0.1, 0.15) is 5.82 Å². The van der Waals surface area contributed by atoms with Gasteiger partial charge in [-0.2, -0.15) is 0 Å². The molecule has 0 spiro atoms. The standard InChI is InChI=1S/C21H30ClN3O2/c1-14(2)11-12-25(20(27)21(4,5)13-22)15(3)18-23-17-10-8-7-9-16(17)19(26)24(18)6/h7-10,14-15H,11-13H2,1-6H3. The van der Waals surface area contributed by atoms with Crippen molar-refractivity contribution in [3.8, 4) is 0 Å². The number of fused-ring (bicyclic) bond motifs is 1. The monoisotopic (exact) mass is 391 g/mol. The van der Waals surface area contributed by atoms with Gasteiger partial charge in [-0.05, 0) is 45.2 Å². The maximum atomic E-state index is 13.2. The molecule has 148 valence electrons. The third-order valence-electron chi connectivity index (χ3n) is 4.98. The highest BCUT2D eigenvalue weighted by atomic mass is 35.5. The molecule has 0 aliphatic rings. The van der Waals surface area contributed by atoms with Gasteiger partial charge in [0, 0.05) is 19.5 Å². The molecule has 0 bridgehead atoms. The van der Waals surface area contributed by atoms with Crippen molar-refractivity contribution >= 4 is 28.4 Å². The van der Waals surface area contributed by atoms with E-state index < -0.39 is 5.41 Å². The number of amides is 1. The van der Waals surface area contributed by atoms with Crippen molar-refractivity contribution in [3.05, 3.63) is 40.4 Å². The van der Waals surface area contributed by atoms with Crippen molar-refractivity contribution in [1.29, 1.82) is 0 Å². The van der Waals surface area contributed by atoms with Gasteiger partial charge in [0.05, 0.1) is 22.4 Å². The quantitative estimate of drug-likeness (QED) is 0.666. The molecule has 27 heavy (non-hydrogen) atoms. The molecular formula is C21H30ClN3O2. The Bertz CT molecular complexity index is 873. The van der Waals surface area contributed by atoms with Crippen molar-refractivity contribution in [2.45, 2.75) is 47.1 Å². The summed E-state index contributed by atoms with van der Waals surface area (Å²) in [4.78, 5) is 32.5. The Morgan fingerprint density at radius 1 is 1.26 bits per heavy atom. The molecule has 1 aromatic heterocycles. The van der Waals surface area contributed by atoms with Gasteiger partial charge < -0.3 is 4.90 Å². The van der Waals surface area contributed by atoms with Crippen LogP contribution in [0.1, 0.15) is 52.9 Å². The van der Waals surface area contributed by atoms with Crippen LogP contribution in [0, 0.1) is 11.3 Å². The number of para-hydroxylation sites is 1. The minimum absolute atomic E-state index is 0.0203. The highest BCUT2D eigenvalue weighted by Crippen LogP contribution is 2.28. The third kappa shape index (κ3) is 4.52. The van der Waals surface area contributed by atoms with Crippen LogP contribution in [0.25, 0.3) is 10.9 Å². The fraction of sp³-hybridized carbons (Fsp3) is 0.571. The van der Waals surface area contributed by atoms with E-state index in [9.17, 15) is 9.59 Å². The molecule has 0 aliphatic carbocycles. The molecule has 2 aromatic rings. The van der Waals surface area contributed by atoms with Crippen LogP contribution < -0.4 is 5.56 Å². The Kier molecular flexibility index (Phi) is 6.68. The lowest BCUT2D eigenvalue weighted by atomic mass is 9.93. The maximum Gasteiger partial charge on any atom is 0.261 e. The summed E-state index contributed by atoms with van der Waals surface area (Å²) in [5.41, 5.74) is -0.131. The van der Waals surface area contributed by atoms with E-state index in [1.807, 2.05) is 43.9 Å². The van der Waals surface area contributed by atoms with E-state index in [1.54, 1.807) is 17.7 Å². The molecule has 2 rings (SSSR count). The van der Waals surface area contributed by atoms with Gasteiger partial charge >= 0.3 is 0 Å². The Labute approximate surface area is 166 Å². The highest BCUT2D eigenvalue weighted by Gasteiger charge is 2.35.